The molecular formula is C20H22F2N4O2. The molecule has 0 radical (unpaired) electrons. The molecule has 6 nitrogen and oxygen atoms in total. The van der Waals surface area contributed by atoms with E-state index in [4.69, 9.17) is 4.74 Å². The van der Waals surface area contributed by atoms with Crippen molar-refractivity contribution in [2.45, 2.75) is 24.9 Å². The highest BCUT2D eigenvalue weighted by Crippen LogP contribution is 2.57. The van der Waals surface area contributed by atoms with Crippen LogP contribution in [0.15, 0.2) is 18.2 Å². The lowest BCUT2D eigenvalue weighted by atomic mass is 10.1. The van der Waals surface area contributed by atoms with Gasteiger partial charge in [0.2, 0.25) is 0 Å². The molecule has 2 aromatic rings. The maximum atomic E-state index is 14.4. The average Bonchev–Trinajstić information content (AvgIpc) is 3.16. The topological polar surface area (TPSA) is 59.4 Å². The molecule has 1 aliphatic heterocycles. The number of carbonyl (C=O) groups excluding carboxylic acids is 1. The Hall–Kier alpha value is -2.32. The third-order valence-corrected chi connectivity index (χ3v) is 5.95. The van der Waals surface area contributed by atoms with Gasteiger partial charge in [-0.2, -0.15) is 5.10 Å². The van der Waals surface area contributed by atoms with Gasteiger partial charge >= 0.3 is 0 Å². The lowest BCUT2D eigenvalue weighted by molar-refractivity contribution is -0.0175. The summed E-state index contributed by atoms with van der Waals surface area (Å²) in [7, 11) is 2.02. The van der Waals surface area contributed by atoms with Gasteiger partial charge in [-0.15, -0.1) is 0 Å². The number of aromatic nitrogens is 2. The number of carbonyl (C=O) groups is 1. The van der Waals surface area contributed by atoms with Gasteiger partial charge in [0.15, 0.2) is 11.5 Å². The fraction of sp³-hybridized carbons (Fsp3) is 0.500. The van der Waals surface area contributed by atoms with Crippen LogP contribution in [0.4, 0.5) is 8.78 Å². The van der Waals surface area contributed by atoms with Gasteiger partial charge in [-0.3, -0.25) is 4.79 Å². The lowest BCUT2D eigenvalue weighted by Gasteiger charge is -2.30. The molecular weight excluding hydrogens is 366 g/mol. The Morgan fingerprint density at radius 2 is 2.25 bits per heavy atom. The highest BCUT2D eigenvalue weighted by molar-refractivity contribution is 5.94. The summed E-state index contributed by atoms with van der Waals surface area (Å²) >= 11 is 0. The second-order valence-electron chi connectivity index (χ2n) is 7.99. The van der Waals surface area contributed by atoms with Crippen LogP contribution in [0, 0.1) is 17.6 Å². The molecule has 3 atom stereocenters. The summed E-state index contributed by atoms with van der Waals surface area (Å²) in [6.45, 7) is 2.70. The lowest BCUT2D eigenvalue weighted by Crippen LogP contribution is -2.46. The first kappa shape index (κ1) is 17.8. The summed E-state index contributed by atoms with van der Waals surface area (Å²) in [5.41, 5.74) is 2.31. The minimum absolute atomic E-state index is 0.0548. The van der Waals surface area contributed by atoms with Crippen molar-refractivity contribution in [3.8, 4) is 5.69 Å². The van der Waals surface area contributed by atoms with Gasteiger partial charge in [0.05, 0.1) is 18.4 Å². The first-order valence-corrected chi connectivity index (χ1v) is 9.67. The van der Waals surface area contributed by atoms with Crippen molar-refractivity contribution in [3.05, 3.63) is 46.8 Å². The molecule has 148 valence electrons. The molecule has 28 heavy (non-hydrogen) atoms. The minimum Gasteiger partial charge on any atom is -0.374 e. The van der Waals surface area contributed by atoms with E-state index in [0.717, 1.165) is 43.3 Å². The van der Waals surface area contributed by atoms with E-state index < -0.39 is 11.6 Å². The molecule has 8 heteroatoms. The molecule has 1 aromatic heterocycles. The molecule has 1 aromatic carbocycles. The molecule has 2 heterocycles. The van der Waals surface area contributed by atoms with Crippen LogP contribution in [0.3, 0.4) is 0 Å². The van der Waals surface area contributed by atoms with Crippen LogP contribution in [0.1, 0.15) is 34.1 Å². The first-order valence-electron chi connectivity index (χ1n) is 9.67. The predicted molar refractivity (Wildman–Crippen MR) is 97.6 cm³/mol. The molecule has 1 unspecified atom stereocenters. The summed E-state index contributed by atoms with van der Waals surface area (Å²) < 4.78 is 34.9. The molecule has 0 bridgehead atoms. The highest BCUT2D eigenvalue weighted by atomic mass is 19.1. The monoisotopic (exact) mass is 388 g/mol. The van der Waals surface area contributed by atoms with Gasteiger partial charge in [-0.25, -0.2) is 13.5 Å². The summed E-state index contributed by atoms with van der Waals surface area (Å²) in [6, 6.07) is 3.43. The van der Waals surface area contributed by atoms with E-state index in [9.17, 15) is 13.6 Å². The van der Waals surface area contributed by atoms with E-state index in [-0.39, 0.29) is 17.7 Å². The zero-order valence-electron chi connectivity index (χ0n) is 15.6. The zero-order chi connectivity index (χ0) is 19.4. The van der Waals surface area contributed by atoms with E-state index >= 15 is 0 Å². The molecule has 3 aliphatic rings. The average molecular weight is 388 g/mol. The Balaban J connectivity index is 1.41. The SMILES string of the molecule is CN1CCOC(CNC(=O)c2nn(-c3ccc(F)cc3F)c3c2C[C@H]2C[C@@H]32)C1. The minimum atomic E-state index is -0.681. The predicted octanol–water partition coefficient (Wildman–Crippen LogP) is 1.87. The third kappa shape index (κ3) is 3.00. The number of hydrogen-bond donors (Lipinski definition) is 1. The van der Waals surface area contributed by atoms with Gasteiger partial charge in [0, 0.05) is 37.2 Å². The fourth-order valence-electron chi connectivity index (χ4n) is 4.42. The number of hydrogen-bond acceptors (Lipinski definition) is 4. The van der Waals surface area contributed by atoms with Crippen LogP contribution >= 0.6 is 0 Å². The van der Waals surface area contributed by atoms with Crippen molar-refractivity contribution in [1.82, 2.24) is 20.0 Å². The smallest absolute Gasteiger partial charge is 0.272 e. The maximum Gasteiger partial charge on any atom is 0.272 e. The number of fused-ring (bicyclic) bond motifs is 3. The number of rotatable bonds is 4. The van der Waals surface area contributed by atoms with E-state index in [1.807, 2.05) is 7.05 Å². The molecule has 1 saturated carbocycles. The van der Waals surface area contributed by atoms with E-state index in [1.54, 1.807) is 0 Å². The largest absolute Gasteiger partial charge is 0.374 e. The second kappa shape index (κ2) is 6.63. The Labute approximate surface area is 161 Å². The quantitative estimate of drug-likeness (QED) is 0.869. The number of ether oxygens (including phenoxy) is 1. The standard InChI is InChI=1S/C20H22F2N4O2/c1-25-4-5-28-13(10-25)9-23-20(27)18-15-7-11-6-14(11)19(15)26(24-18)17-3-2-12(21)8-16(17)22/h2-3,8,11,13-14H,4-7,9-10H2,1H3,(H,23,27)/t11-,13?,14-/m1/s1. The number of halogens is 2. The Kier molecular flexibility index (Phi) is 4.21. The molecule has 5 rings (SSSR count). The van der Waals surface area contributed by atoms with Crippen molar-refractivity contribution in [3.63, 3.8) is 0 Å². The fourth-order valence-corrected chi connectivity index (χ4v) is 4.42. The normalized spacial score (nSPS) is 26.0. The summed E-state index contributed by atoms with van der Waals surface area (Å²) in [5, 5.41) is 7.36. The number of nitrogens with zero attached hydrogens (tertiary/aromatic N) is 3. The van der Waals surface area contributed by atoms with Crippen LogP contribution in [0.5, 0.6) is 0 Å². The number of nitrogens with one attached hydrogen (secondary N) is 1. The van der Waals surface area contributed by atoms with Gasteiger partial charge in [0.25, 0.3) is 5.91 Å². The van der Waals surface area contributed by atoms with Crippen molar-refractivity contribution in [2.75, 3.05) is 33.3 Å². The van der Waals surface area contributed by atoms with Gasteiger partial charge in [-0.05, 0) is 37.9 Å². The van der Waals surface area contributed by atoms with Gasteiger partial charge in [0.1, 0.15) is 11.5 Å². The number of benzene rings is 1. The van der Waals surface area contributed by atoms with Crippen LogP contribution in [-0.2, 0) is 11.2 Å². The molecule has 1 amide bonds. The first-order chi connectivity index (χ1) is 13.5. The summed E-state index contributed by atoms with van der Waals surface area (Å²) in [6.07, 6.45) is 1.76. The van der Waals surface area contributed by atoms with Crippen LogP contribution in [0.2, 0.25) is 0 Å². The molecule has 0 spiro atoms. The van der Waals surface area contributed by atoms with Crippen molar-refractivity contribution in [1.29, 1.82) is 0 Å². The molecule has 1 saturated heterocycles. The number of amides is 1. The molecule has 2 aliphatic carbocycles. The highest BCUT2D eigenvalue weighted by Gasteiger charge is 2.50. The van der Waals surface area contributed by atoms with Crippen LogP contribution in [-0.4, -0.2) is 60.0 Å². The number of likely N-dealkylation sites (N-methyl/N-ethyl adjacent to an activating group) is 1. The van der Waals surface area contributed by atoms with Crippen molar-refractivity contribution >= 4 is 5.91 Å². The second-order valence-corrected chi connectivity index (χ2v) is 7.99. The number of morpholine rings is 1. The van der Waals surface area contributed by atoms with Gasteiger partial charge in [-0.1, -0.05) is 0 Å². The van der Waals surface area contributed by atoms with Crippen molar-refractivity contribution in [2.24, 2.45) is 5.92 Å². The van der Waals surface area contributed by atoms with E-state index in [0.29, 0.717) is 30.7 Å². The van der Waals surface area contributed by atoms with E-state index in [1.165, 1.54) is 16.8 Å². The van der Waals surface area contributed by atoms with E-state index in [2.05, 4.69) is 15.3 Å². The van der Waals surface area contributed by atoms with Crippen LogP contribution in [0.25, 0.3) is 5.69 Å². The van der Waals surface area contributed by atoms with Crippen molar-refractivity contribution < 1.29 is 18.3 Å². The Morgan fingerprint density at radius 3 is 3.04 bits per heavy atom. The molecule has 1 N–H and O–H groups in total. The summed E-state index contributed by atoms with van der Waals surface area (Å²) in [5.74, 6) is -0.770. The van der Waals surface area contributed by atoms with Crippen LogP contribution < -0.4 is 5.32 Å². The third-order valence-electron chi connectivity index (χ3n) is 5.95. The van der Waals surface area contributed by atoms with Gasteiger partial charge < -0.3 is 15.0 Å². The summed E-state index contributed by atoms with van der Waals surface area (Å²) in [4.78, 5) is 15.0. The Morgan fingerprint density at radius 1 is 1.39 bits per heavy atom. The maximum absolute atomic E-state index is 14.4. The zero-order valence-corrected chi connectivity index (χ0v) is 15.6. The molecule has 2 fully saturated rings. The Bertz CT molecular complexity index is 945.